The number of aryl methyl sites for hydroxylation is 1. The second kappa shape index (κ2) is 7.98. The maximum Gasteiger partial charge on any atom is 0.264 e. The molecule has 3 heterocycles. The van der Waals surface area contributed by atoms with Crippen LogP contribution >= 0.6 is 22.9 Å². The highest BCUT2D eigenvalue weighted by Crippen LogP contribution is 2.32. The standard InChI is InChI=1S/C23H20ClFN4OS/c1-15-18-14-21(31-23(18)29(26-15)17-8-6-16(25)7-9-17)22(30)28-12-10-27(11-13-28)20-5-3-2-4-19(20)24/h2-9,14H,10-13H2,1H3. The second-order valence-electron chi connectivity index (χ2n) is 7.53. The van der Waals surface area contributed by atoms with Crippen molar-refractivity contribution in [2.45, 2.75) is 6.92 Å². The lowest BCUT2D eigenvalue weighted by atomic mass is 10.2. The van der Waals surface area contributed by atoms with Gasteiger partial charge in [0.25, 0.3) is 5.91 Å². The lowest BCUT2D eigenvalue weighted by Gasteiger charge is -2.36. The SMILES string of the molecule is Cc1nn(-c2ccc(F)cc2)c2sc(C(=O)N3CCN(c4ccccc4Cl)CC3)cc12. The molecule has 1 aliphatic rings. The van der Waals surface area contributed by atoms with Gasteiger partial charge in [-0.1, -0.05) is 23.7 Å². The smallest absolute Gasteiger partial charge is 0.264 e. The molecule has 0 saturated carbocycles. The highest BCUT2D eigenvalue weighted by Gasteiger charge is 2.25. The summed E-state index contributed by atoms with van der Waals surface area (Å²) in [5, 5.41) is 6.26. The molecular weight excluding hydrogens is 435 g/mol. The summed E-state index contributed by atoms with van der Waals surface area (Å²) in [6, 6.07) is 15.9. The molecule has 0 atom stereocenters. The lowest BCUT2D eigenvalue weighted by Crippen LogP contribution is -2.48. The lowest BCUT2D eigenvalue weighted by molar-refractivity contribution is 0.0752. The van der Waals surface area contributed by atoms with E-state index in [4.69, 9.17) is 11.6 Å². The molecule has 5 rings (SSSR count). The molecule has 0 unspecified atom stereocenters. The van der Waals surface area contributed by atoms with Crippen LogP contribution in [0.15, 0.2) is 54.6 Å². The zero-order valence-corrected chi connectivity index (χ0v) is 18.5. The predicted octanol–water partition coefficient (Wildman–Crippen LogP) is 5.15. The number of rotatable bonds is 3. The molecule has 0 bridgehead atoms. The van der Waals surface area contributed by atoms with E-state index in [0.29, 0.717) is 18.0 Å². The number of hydrogen-bond acceptors (Lipinski definition) is 4. The van der Waals surface area contributed by atoms with Crippen LogP contribution in [0.4, 0.5) is 10.1 Å². The number of piperazine rings is 1. The molecule has 0 aliphatic carbocycles. The summed E-state index contributed by atoms with van der Waals surface area (Å²) in [4.78, 5) is 18.9. The van der Waals surface area contributed by atoms with Crippen LogP contribution in [0.2, 0.25) is 5.02 Å². The predicted molar refractivity (Wildman–Crippen MR) is 123 cm³/mol. The highest BCUT2D eigenvalue weighted by molar-refractivity contribution is 7.20. The molecule has 8 heteroatoms. The van der Waals surface area contributed by atoms with Gasteiger partial charge >= 0.3 is 0 Å². The van der Waals surface area contributed by atoms with Crippen molar-refractivity contribution in [3.63, 3.8) is 0 Å². The Morgan fingerprint density at radius 3 is 2.48 bits per heavy atom. The number of carbonyl (C=O) groups is 1. The quantitative estimate of drug-likeness (QED) is 0.430. The molecule has 1 saturated heterocycles. The van der Waals surface area contributed by atoms with E-state index in [9.17, 15) is 9.18 Å². The topological polar surface area (TPSA) is 41.4 Å². The summed E-state index contributed by atoms with van der Waals surface area (Å²) in [6.07, 6.45) is 0. The van der Waals surface area contributed by atoms with E-state index in [1.165, 1.54) is 23.5 Å². The highest BCUT2D eigenvalue weighted by atomic mass is 35.5. The van der Waals surface area contributed by atoms with Crippen LogP contribution in [0.3, 0.4) is 0 Å². The number of fused-ring (bicyclic) bond motifs is 1. The molecule has 31 heavy (non-hydrogen) atoms. The van der Waals surface area contributed by atoms with E-state index in [2.05, 4.69) is 10.00 Å². The molecule has 0 radical (unpaired) electrons. The van der Waals surface area contributed by atoms with Gasteiger partial charge < -0.3 is 9.80 Å². The normalized spacial score (nSPS) is 14.4. The first kappa shape index (κ1) is 20.0. The Morgan fingerprint density at radius 1 is 1.06 bits per heavy atom. The molecule has 1 amide bonds. The minimum atomic E-state index is -0.290. The van der Waals surface area contributed by atoms with Crippen molar-refractivity contribution in [1.29, 1.82) is 0 Å². The number of nitrogens with zero attached hydrogens (tertiary/aromatic N) is 4. The molecule has 0 spiro atoms. The van der Waals surface area contributed by atoms with Gasteiger partial charge in [0.15, 0.2) is 0 Å². The van der Waals surface area contributed by atoms with Gasteiger partial charge in [0.1, 0.15) is 10.6 Å². The van der Waals surface area contributed by atoms with Gasteiger partial charge in [0.05, 0.1) is 27.0 Å². The zero-order chi connectivity index (χ0) is 21.5. The average Bonchev–Trinajstić information content (AvgIpc) is 3.35. The molecular formula is C23H20ClFN4OS. The summed E-state index contributed by atoms with van der Waals surface area (Å²) >= 11 is 7.75. The first-order chi connectivity index (χ1) is 15.0. The van der Waals surface area contributed by atoms with Crippen LogP contribution in [0, 0.1) is 12.7 Å². The number of aromatic nitrogens is 2. The number of anilines is 1. The number of hydrogen-bond donors (Lipinski definition) is 0. The van der Waals surface area contributed by atoms with Gasteiger partial charge in [-0.25, -0.2) is 9.07 Å². The van der Waals surface area contributed by atoms with E-state index in [1.807, 2.05) is 42.2 Å². The van der Waals surface area contributed by atoms with Gasteiger partial charge in [-0.2, -0.15) is 5.10 Å². The summed E-state index contributed by atoms with van der Waals surface area (Å²) in [5.74, 6) is -0.257. The first-order valence-electron chi connectivity index (χ1n) is 10.0. The van der Waals surface area contributed by atoms with Crippen molar-refractivity contribution in [3.05, 3.63) is 76.0 Å². The van der Waals surface area contributed by atoms with Crippen LogP contribution < -0.4 is 4.90 Å². The van der Waals surface area contributed by atoms with Gasteiger partial charge in [-0.15, -0.1) is 11.3 Å². The van der Waals surface area contributed by atoms with Crippen LogP contribution in [0.5, 0.6) is 0 Å². The Bertz CT molecular complexity index is 1260. The van der Waals surface area contributed by atoms with E-state index >= 15 is 0 Å². The second-order valence-corrected chi connectivity index (χ2v) is 8.97. The molecule has 1 aliphatic heterocycles. The molecule has 158 valence electrons. The van der Waals surface area contributed by atoms with Crippen LogP contribution in [-0.2, 0) is 0 Å². The van der Waals surface area contributed by atoms with Crippen LogP contribution in [-0.4, -0.2) is 46.8 Å². The van der Waals surface area contributed by atoms with Crippen molar-refractivity contribution in [2.24, 2.45) is 0 Å². The third-order valence-electron chi connectivity index (χ3n) is 5.59. The van der Waals surface area contributed by atoms with Crippen molar-refractivity contribution in [3.8, 4) is 5.69 Å². The maximum atomic E-state index is 13.3. The number of amides is 1. The van der Waals surface area contributed by atoms with Crippen molar-refractivity contribution in [2.75, 3.05) is 31.1 Å². The van der Waals surface area contributed by atoms with Gasteiger partial charge in [-0.05, 0) is 49.4 Å². The average molecular weight is 455 g/mol. The minimum absolute atomic E-state index is 0.0325. The number of thiophene rings is 1. The fourth-order valence-corrected chi connectivity index (χ4v) is 5.33. The van der Waals surface area contributed by atoms with Gasteiger partial charge in [-0.3, -0.25) is 4.79 Å². The third kappa shape index (κ3) is 3.68. The summed E-state index contributed by atoms with van der Waals surface area (Å²) in [6.45, 7) is 4.68. The van der Waals surface area contributed by atoms with E-state index in [1.54, 1.807) is 16.8 Å². The van der Waals surface area contributed by atoms with Crippen LogP contribution in [0.1, 0.15) is 15.4 Å². The zero-order valence-electron chi connectivity index (χ0n) is 16.9. The van der Waals surface area contributed by atoms with E-state index < -0.39 is 0 Å². The maximum absolute atomic E-state index is 13.3. The van der Waals surface area contributed by atoms with Crippen molar-refractivity contribution < 1.29 is 9.18 Å². The van der Waals surface area contributed by atoms with E-state index in [0.717, 1.165) is 45.4 Å². The molecule has 5 nitrogen and oxygen atoms in total. The van der Waals surface area contributed by atoms with Gasteiger partial charge in [0.2, 0.25) is 0 Å². The Morgan fingerprint density at radius 2 is 1.77 bits per heavy atom. The minimum Gasteiger partial charge on any atom is -0.367 e. The Labute approximate surface area is 188 Å². The molecule has 4 aromatic rings. The number of para-hydroxylation sites is 1. The summed E-state index contributed by atoms with van der Waals surface area (Å²) < 4.78 is 15.1. The number of carbonyl (C=O) groups excluding carboxylic acids is 1. The van der Waals surface area contributed by atoms with Crippen LogP contribution in [0.25, 0.3) is 15.9 Å². The Balaban J connectivity index is 1.37. The first-order valence-corrected chi connectivity index (χ1v) is 11.2. The molecule has 0 N–H and O–H groups in total. The number of benzene rings is 2. The summed E-state index contributed by atoms with van der Waals surface area (Å²) in [5.41, 5.74) is 2.63. The van der Waals surface area contributed by atoms with Crippen molar-refractivity contribution in [1.82, 2.24) is 14.7 Å². The summed E-state index contributed by atoms with van der Waals surface area (Å²) in [7, 11) is 0. The van der Waals surface area contributed by atoms with Crippen molar-refractivity contribution >= 4 is 44.7 Å². The molecule has 2 aromatic carbocycles. The number of halogens is 2. The molecule has 1 fully saturated rings. The Kier molecular flexibility index (Phi) is 5.16. The third-order valence-corrected chi connectivity index (χ3v) is 7.00. The Hall–Kier alpha value is -2.90. The van der Waals surface area contributed by atoms with E-state index in [-0.39, 0.29) is 11.7 Å². The largest absolute Gasteiger partial charge is 0.367 e. The fraction of sp³-hybridized carbons (Fsp3) is 0.217. The molecule has 2 aromatic heterocycles. The fourth-order valence-electron chi connectivity index (χ4n) is 3.92. The van der Waals surface area contributed by atoms with Gasteiger partial charge in [0, 0.05) is 31.6 Å². The monoisotopic (exact) mass is 454 g/mol.